The molecule has 2 N–H and O–H groups in total. The number of likely N-dealkylation sites (N-methyl/N-ethyl adjacent to an activating group) is 1. The lowest BCUT2D eigenvalue weighted by molar-refractivity contribution is 0.0300. The number of hydrogen-bond acceptors (Lipinski definition) is 5. The third kappa shape index (κ3) is 2.29. The monoisotopic (exact) mass is 267 g/mol. The summed E-state index contributed by atoms with van der Waals surface area (Å²) in [6, 6.07) is 5.20. The summed E-state index contributed by atoms with van der Waals surface area (Å²) in [5.74, 6) is 1.27. The minimum atomic E-state index is -0.807. The third-order valence-electron chi connectivity index (χ3n) is 4.00. The van der Waals surface area contributed by atoms with Gasteiger partial charge in [-0.2, -0.15) is 0 Å². The van der Waals surface area contributed by atoms with Gasteiger partial charge in [-0.25, -0.2) is 0 Å². The lowest BCUT2D eigenvalue weighted by Crippen LogP contribution is -2.30. The van der Waals surface area contributed by atoms with E-state index in [4.69, 9.17) is 9.47 Å². The molecule has 5 nitrogen and oxygen atoms in total. The van der Waals surface area contributed by atoms with Gasteiger partial charge in [0.1, 0.15) is 6.10 Å². The second-order valence-electron chi connectivity index (χ2n) is 4.95. The molecule has 0 bridgehead atoms. The van der Waals surface area contributed by atoms with E-state index in [9.17, 15) is 10.2 Å². The van der Waals surface area contributed by atoms with Gasteiger partial charge in [0.15, 0.2) is 11.5 Å². The maximum Gasteiger partial charge on any atom is 0.161 e. The fourth-order valence-corrected chi connectivity index (χ4v) is 2.68. The summed E-state index contributed by atoms with van der Waals surface area (Å²) in [6.45, 7) is 1.90. The molecule has 0 aromatic heterocycles. The van der Waals surface area contributed by atoms with Crippen LogP contribution in [0.3, 0.4) is 0 Å². The summed E-state index contributed by atoms with van der Waals surface area (Å²) in [5.41, 5.74) is 0.899. The molecule has 0 saturated carbocycles. The van der Waals surface area contributed by atoms with E-state index in [1.54, 1.807) is 14.2 Å². The van der Waals surface area contributed by atoms with Gasteiger partial charge in [0.05, 0.1) is 26.4 Å². The maximum atomic E-state index is 10.2. The SMILES string of the molecule is COc1ccc([C@@H]2[C@@H](O)[C@@H](O)[C@H](C)N2C)cc1OC. The van der Waals surface area contributed by atoms with Gasteiger partial charge in [0.25, 0.3) is 0 Å². The summed E-state index contributed by atoms with van der Waals surface area (Å²) in [5, 5.41) is 20.1. The lowest BCUT2D eigenvalue weighted by Gasteiger charge is -2.25. The Labute approximate surface area is 113 Å². The molecule has 4 atom stereocenters. The number of rotatable bonds is 3. The minimum absolute atomic E-state index is 0.0897. The van der Waals surface area contributed by atoms with E-state index in [0.29, 0.717) is 11.5 Å². The second-order valence-corrected chi connectivity index (χ2v) is 4.95. The predicted octanol–water partition coefficient (Wildman–Crippen LogP) is 0.801. The number of aliphatic hydroxyl groups excluding tert-OH is 2. The van der Waals surface area contributed by atoms with Crippen molar-refractivity contribution < 1.29 is 19.7 Å². The molecule has 1 aliphatic rings. The number of hydrogen-bond donors (Lipinski definition) is 2. The molecule has 1 saturated heterocycles. The van der Waals surface area contributed by atoms with Gasteiger partial charge in [0.2, 0.25) is 0 Å². The normalized spacial score (nSPS) is 31.5. The largest absolute Gasteiger partial charge is 0.493 e. The molecule has 19 heavy (non-hydrogen) atoms. The van der Waals surface area contributed by atoms with Gasteiger partial charge in [-0.3, -0.25) is 4.90 Å². The van der Waals surface area contributed by atoms with Crippen LogP contribution in [0.5, 0.6) is 11.5 Å². The van der Waals surface area contributed by atoms with E-state index >= 15 is 0 Å². The second kappa shape index (κ2) is 5.36. The first kappa shape index (κ1) is 14.1. The molecule has 106 valence electrons. The van der Waals surface area contributed by atoms with Crippen molar-refractivity contribution in [3.8, 4) is 11.5 Å². The fourth-order valence-electron chi connectivity index (χ4n) is 2.68. The zero-order chi connectivity index (χ0) is 14.2. The molecule has 5 heteroatoms. The van der Waals surface area contributed by atoms with Gasteiger partial charge in [-0.15, -0.1) is 0 Å². The van der Waals surface area contributed by atoms with Gasteiger partial charge >= 0.3 is 0 Å². The van der Waals surface area contributed by atoms with Crippen LogP contribution in [-0.2, 0) is 0 Å². The average molecular weight is 267 g/mol. The molecule has 0 radical (unpaired) electrons. The van der Waals surface area contributed by atoms with Crippen molar-refractivity contribution >= 4 is 0 Å². The minimum Gasteiger partial charge on any atom is -0.493 e. The highest BCUT2D eigenvalue weighted by molar-refractivity contribution is 5.44. The molecule has 1 heterocycles. The predicted molar refractivity (Wildman–Crippen MR) is 71.5 cm³/mol. The molecule has 2 rings (SSSR count). The van der Waals surface area contributed by atoms with Crippen LogP contribution < -0.4 is 9.47 Å². The average Bonchev–Trinajstić information content (AvgIpc) is 2.62. The van der Waals surface area contributed by atoms with Crippen LogP contribution in [0.1, 0.15) is 18.5 Å². The van der Waals surface area contributed by atoms with E-state index in [1.807, 2.05) is 37.1 Å². The maximum absolute atomic E-state index is 10.2. The number of nitrogens with zero attached hydrogens (tertiary/aromatic N) is 1. The number of methoxy groups -OCH3 is 2. The lowest BCUT2D eigenvalue weighted by atomic mass is 10.0. The Morgan fingerprint density at radius 2 is 1.68 bits per heavy atom. The van der Waals surface area contributed by atoms with Crippen LogP contribution in [0.2, 0.25) is 0 Å². The van der Waals surface area contributed by atoms with E-state index in [0.717, 1.165) is 5.56 Å². The molecular weight excluding hydrogens is 246 g/mol. The van der Waals surface area contributed by atoms with Gasteiger partial charge in [-0.1, -0.05) is 6.07 Å². The van der Waals surface area contributed by atoms with Crippen LogP contribution in [0.25, 0.3) is 0 Å². The molecule has 1 fully saturated rings. The zero-order valence-electron chi connectivity index (χ0n) is 11.7. The van der Waals surface area contributed by atoms with Crippen LogP contribution >= 0.6 is 0 Å². The van der Waals surface area contributed by atoms with Gasteiger partial charge in [-0.05, 0) is 31.7 Å². The Bertz CT molecular complexity index is 437. The Hall–Kier alpha value is -1.30. The van der Waals surface area contributed by atoms with Crippen molar-refractivity contribution in [1.82, 2.24) is 4.90 Å². The van der Waals surface area contributed by atoms with Gasteiger partial charge in [0, 0.05) is 6.04 Å². The molecule has 1 aromatic rings. The molecule has 0 aliphatic carbocycles. The fraction of sp³-hybridized carbons (Fsp3) is 0.571. The standard InChI is InChI=1S/C14H21NO4/c1-8-13(16)14(17)12(15(8)2)9-5-6-10(18-3)11(7-9)19-4/h5-8,12-14,16-17H,1-4H3/t8-,12+,13-,14+/m0/s1. The first-order chi connectivity index (χ1) is 9.01. The number of likely N-dealkylation sites (tertiary alicyclic amines) is 1. The first-order valence-corrected chi connectivity index (χ1v) is 6.31. The number of aliphatic hydroxyl groups is 2. The van der Waals surface area contributed by atoms with E-state index < -0.39 is 12.2 Å². The Morgan fingerprint density at radius 3 is 2.16 bits per heavy atom. The summed E-state index contributed by atoms with van der Waals surface area (Å²) in [7, 11) is 5.05. The number of benzene rings is 1. The van der Waals surface area contributed by atoms with Crippen LogP contribution in [0.15, 0.2) is 18.2 Å². The summed E-state index contributed by atoms with van der Waals surface area (Å²) in [6.07, 6.45) is -1.55. The Kier molecular flexibility index (Phi) is 3.99. The molecule has 1 aromatic carbocycles. The van der Waals surface area contributed by atoms with Crippen LogP contribution in [-0.4, -0.2) is 54.6 Å². The molecule has 1 aliphatic heterocycles. The Balaban J connectivity index is 2.37. The van der Waals surface area contributed by atoms with E-state index in [2.05, 4.69) is 0 Å². The van der Waals surface area contributed by atoms with Crippen LogP contribution in [0, 0.1) is 0 Å². The van der Waals surface area contributed by atoms with Crippen molar-refractivity contribution in [2.45, 2.75) is 31.2 Å². The highest BCUT2D eigenvalue weighted by atomic mass is 16.5. The molecule has 0 amide bonds. The van der Waals surface area contributed by atoms with E-state index in [1.165, 1.54) is 0 Å². The highest BCUT2D eigenvalue weighted by Gasteiger charge is 2.44. The van der Waals surface area contributed by atoms with E-state index in [-0.39, 0.29) is 12.1 Å². The topological polar surface area (TPSA) is 62.2 Å². The Morgan fingerprint density at radius 1 is 1.05 bits per heavy atom. The summed E-state index contributed by atoms with van der Waals surface area (Å²) < 4.78 is 10.5. The van der Waals surface area contributed by atoms with Crippen molar-refractivity contribution in [2.75, 3.05) is 21.3 Å². The first-order valence-electron chi connectivity index (χ1n) is 6.31. The van der Waals surface area contributed by atoms with Crippen molar-refractivity contribution in [2.24, 2.45) is 0 Å². The van der Waals surface area contributed by atoms with Crippen molar-refractivity contribution in [3.05, 3.63) is 23.8 Å². The molecule has 0 unspecified atom stereocenters. The molecular formula is C14H21NO4. The highest BCUT2D eigenvalue weighted by Crippen LogP contribution is 2.38. The zero-order valence-corrected chi connectivity index (χ0v) is 11.7. The molecule has 0 spiro atoms. The quantitative estimate of drug-likeness (QED) is 0.848. The summed E-state index contributed by atoms with van der Waals surface area (Å²) >= 11 is 0. The van der Waals surface area contributed by atoms with Gasteiger partial charge < -0.3 is 19.7 Å². The third-order valence-corrected chi connectivity index (χ3v) is 4.00. The van der Waals surface area contributed by atoms with Crippen molar-refractivity contribution in [1.29, 1.82) is 0 Å². The number of ether oxygens (including phenoxy) is 2. The summed E-state index contributed by atoms with van der Waals surface area (Å²) in [4.78, 5) is 1.97. The van der Waals surface area contributed by atoms with Crippen LogP contribution in [0.4, 0.5) is 0 Å². The smallest absolute Gasteiger partial charge is 0.161 e. The van der Waals surface area contributed by atoms with Crippen molar-refractivity contribution in [3.63, 3.8) is 0 Å².